The molecule has 0 amide bonds. The summed E-state index contributed by atoms with van der Waals surface area (Å²) in [7, 11) is 0. The van der Waals surface area contributed by atoms with Crippen molar-refractivity contribution in [3.63, 3.8) is 0 Å². The predicted molar refractivity (Wildman–Crippen MR) is 101 cm³/mol. The molecule has 0 aliphatic rings. The van der Waals surface area contributed by atoms with Crippen LogP contribution in [0.2, 0.25) is 0 Å². The van der Waals surface area contributed by atoms with Crippen LogP contribution >= 0.6 is 11.8 Å². The molecule has 9 heteroatoms. The predicted octanol–water partition coefficient (Wildman–Crippen LogP) is 3.19. The van der Waals surface area contributed by atoms with Gasteiger partial charge in [-0.05, 0) is 29.8 Å². The minimum absolute atomic E-state index is 0.0857. The lowest BCUT2D eigenvalue weighted by molar-refractivity contribution is -0.141. The fraction of sp³-hybridized carbons (Fsp3) is 0.105. The van der Waals surface area contributed by atoms with Crippen LogP contribution in [-0.2, 0) is 16.1 Å². The number of rotatable bonds is 6. The highest BCUT2D eigenvalue weighted by Gasteiger charge is 2.15. The van der Waals surface area contributed by atoms with E-state index in [0.717, 1.165) is 5.56 Å². The lowest BCUT2D eigenvalue weighted by atomic mass is 10.2. The van der Waals surface area contributed by atoms with Crippen molar-refractivity contribution in [3.8, 4) is 5.69 Å². The van der Waals surface area contributed by atoms with Gasteiger partial charge in [-0.25, -0.2) is 14.4 Å². The molecule has 0 saturated carbocycles. The molecule has 2 heterocycles. The van der Waals surface area contributed by atoms with Gasteiger partial charge in [-0.1, -0.05) is 47.3 Å². The van der Waals surface area contributed by atoms with Crippen molar-refractivity contribution < 1.29 is 13.9 Å². The molecule has 2 aromatic carbocycles. The molecular formula is C19H14FN5O2S. The molecule has 0 unspecified atom stereocenters. The van der Waals surface area contributed by atoms with Gasteiger partial charge in [0.05, 0.1) is 11.4 Å². The second-order valence-electron chi connectivity index (χ2n) is 5.76. The van der Waals surface area contributed by atoms with Gasteiger partial charge in [-0.3, -0.25) is 4.79 Å². The Morgan fingerprint density at radius 2 is 1.86 bits per heavy atom. The topological polar surface area (TPSA) is 82.8 Å². The molecule has 0 bridgehead atoms. The van der Waals surface area contributed by atoms with E-state index in [1.54, 1.807) is 12.1 Å². The van der Waals surface area contributed by atoms with Crippen LogP contribution in [-0.4, -0.2) is 36.7 Å². The van der Waals surface area contributed by atoms with Gasteiger partial charge in [0.15, 0.2) is 11.2 Å². The number of halogens is 1. The Bertz CT molecular complexity index is 1100. The van der Waals surface area contributed by atoms with Crippen molar-refractivity contribution in [2.45, 2.75) is 11.6 Å². The molecule has 0 aliphatic heterocycles. The van der Waals surface area contributed by atoms with Gasteiger partial charge in [-0.15, -0.1) is 5.10 Å². The van der Waals surface area contributed by atoms with Crippen molar-refractivity contribution in [2.24, 2.45) is 0 Å². The minimum Gasteiger partial charge on any atom is -0.460 e. The van der Waals surface area contributed by atoms with Crippen LogP contribution in [0.1, 0.15) is 5.56 Å². The van der Waals surface area contributed by atoms with E-state index in [9.17, 15) is 9.18 Å². The number of ether oxygens (including phenoxy) is 1. The maximum atomic E-state index is 13.1. The van der Waals surface area contributed by atoms with Crippen LogP contribution in [0, 0.1) is 5.82 Å². The number of hydrogen-bond acceptors (Lipinski definition) is 7. The van der Waals surface area contributed by atoms with Gasteiger partial charge in [0.2, 0.25) is 0 Å². The smallest absolute Gasteiger partial charge is 0.316 e. The molecule has 0 fully saturated rings. The highest BCUT2D eigenvalue weighted by atomic mass is 32.2. The van der Waals surface area contributed by atoms with Crippen molar-refractivity contribution in [1.82, 2.24) is 25.0 Å². The zero-order valence-corrected chi connectivity index (χ0v) is 15.3. The lowest BCUT2D eigenvalue weighted by Crippen LogP contribution is -2.07. The molecule has 28 heavy (non-hydrogen) atoms. The lowest BCUT2D eigenvalue weighted by Gasteiger charge is -2.05. The summed E-state index contributed by atoms with van der Waals surface area (Å²) in [4.78, 5) is 20.4. The summed E-state index contributed by atoms with van der Waals surface area (Å²) in [6, 6.07) is 15.3. The standard InChI is InChI=1S/C19H14FN5O2S/c20-14-6-8-15(9-7-14)25-18-17(23-24-25)19(22-12-21-18)28-11-16(26)27-10-13-4-2-1-3-5-13/h1-9,12H,10-11H2. The van der Waals surface area contributed by atoms with E-state index < -0.39 is 0 Å². The number of hydrogen-bond donors (Lipinski definition) is 0. The van der Waals surface area contributed by atoms with E-state index in [1.165, 1.54) is 34.9 Å². The molecule has 0 N–H and O–H groups in total. The number of benzene rings is 2. The molecule has 140 valence electrons. The van der Waals surface area contributed by atoms with Crippen LogP contribution in [0.15, 0.2) is 66.0 Å². The Morgan fingerprint density at radius 3 is 2.64 bits per heavy atom. The quantitative estimate of drug-likeness (QED) is 0.282. The van der Waals surface area contributed by atoms with Gasteiger partial charge < -0.3 is 4.74 Å². The maximum Gasteiger partial charge on any atom is 0.316 e. The van der Waals surface area contributed by atoms with Crippen molar-refractivity contribution >= 4 is 28.9 Å². The fourth-order valence-electron chi connectivity index (χ4n) is 2.50. The van der Waals surface area contributed by atoms with E-state index >= 15 is 0 Å². The third-order valence-electron chi connectivity index (χ3n) is 3.84. The molecular weight excluding hydrogens is 381 g/mol. The first-order valence-electron chi connectivity index (χ1n) is 8.35. The number of thioether (sulfide) groups is 1. The van der Waals surface area contributed by atoms with Crippen LogP contribution < -0.4 is 0 Å². The van der Waals surface area contributed by atoms with Crippen LogP contribution in [0.25, 0.3) is 16.9 Å². The van der Waals surface area contributed by atoms with E-state index in [4.69, 9.17) is 4.74 Å². The first kappa shape index (κ1) is 18.1. The largest absolute Gasteiger partial charge is 0.460 e. The molecule has 4 aromatic rings. The van der Waals surface area contributed by atoms with E-state index in [0.29, 0.717) is 21.9 Å². The van der Waals surface area contributed by atoms with Crippen molar-refractivity contribution in [2.75, 3.05) is 5.75 Å². The molecule has 0 atom stereocenters. The van der Waals surface area contributed by atoms with Crippen LogP contribution in [0.5, 0.6) is 0 Å². The van der Waals surface area contributed by atoms with Crippen LogP contribution in [0.3, 0.4) is 0 Å². The number of carbonyl (C=O) groups excluding carboxylic acids is 1. The first-order chi connectivity index (χ1) is 13.7. The Labute approximate surface area is 163 Å². The molecule has 7 nitrogen and oxygen atoms in total. The SMILES string of the molecule is O=C(CSc1ncnc2c1nnn2-c1ccc(F)cc1)OCc1ccccc1. The molecule has 4 rings (SSSR count). The number of carbonyl (C=O) groups is 1. The average Bonchev–Trinajstić information content (AvgIpc) is 3.17. The van der Waals surface area contributed by atoms with Gasteiger partial charge in [-0.2, -0.15) is 4.68 Å². The number of aromatic nitrogens is 5. The van der Waals surface area contributed by atoms with Gasteiger partial charge >= 0.3 is 5.97 Å². The van der Waals surface area contributed by atoms with E-state index in [2.05, 4.69) is 20.3 Å². The monoisotopic (exact) mass is 395 g/mol. The van der Waals surface area contributed by atoms with Gasteiger partial charge in [0.25, 0.3) is 0 Å². The Kier molecular flexibility index (Phi) is 5.24. The molecule has 0 spiro atoms. The molecule has 0 aliphatic carbocycles. The first-order valence-corrected chi connectivity index (χ1v) is 9.34. The van der Waals surface area contributed by atoms with E-state index in [1.807, 2.05) is 30.3 Å². The molecule has 0 radical (unpaired) electrons. The Morgan fingerprint density at radius 1 is 1.07 bits per heavy atom. The number of esters is 1. The maximum absolute atomic E-state index is 13.1. The summed E-state index contributed by atoms with van der Waals surface area (Å²) in [5, 5.41) is 8.70. The summed E-state index contributed by atoms with van der Waals surface area (Å²) >= 11 is 1.20. The normalized spacial score (nSPS) is 10.9. The third-order valence-corrected chi connectivity index (χ3v) is 4.80. The second kappa shape index (κ2) is 8.13. The number of nitrogens with zero attached hydrogens (tertiary/aromatic N) is 5. The zero-order chi connectivity index (χ0) is 19.3. The second-order valence-corrected chi connectivity index (χ2v) is 6.73. The highest BCUT2D eigenvalue weighted by Crippen LogP contribution is 2.24. The molecule has 0 saturated heterocycles. The van der Waals surface area contributed by atoms with E-state index in [-0.39, 0.29) is 24.1 Å². The van der Waals surface area contributed by atoms with Crippen LogP contribution in [0.4, 0.5) is 4.39 Å². The minimum atomic E-state index is -0.355. The number of fused-ring (bicyclic) bond motifs is 1. The average molecular weight is 395 g/mol. The summed E-state index contributed by atoms with van der Waals surface area (Å²) in [6.45, 7) is 0.222. The summed E-state index contributed by atoms with van der Waals surface area (Å²) in [5.74, 6) is -0.609. The van der Waals surface area contributed by atoms with Gasteiger partial charge in [0.1, 0.15) is 23.8 Å². The summed E-state index contributed by atoms with van der Waals surface area (Å²) < 4.78 is 19.9. The highest BCUT2D eigenvalue weighted by molar-refractivity contribution is 8.00. The van der Waals surface area contributed by atoms with Crippen molar-refractivity contribution in [3.05, 3.63) is 72.3 Å². The summed E-state index contributed by atoms with van der Waals surface area (Å²) in [5.41, 5.74) is 2.49. The fourth-order valence-corrected chi connectivity index (χ4v) is 3.23. The summed E-state index contributed by atoms with van der Waals surface area (Å²) in [6.07, 6.45) is 1.38. The Balaban J connectivity index is 1.46. The third kappa shape index (κ3) is 3.99. The zero-order valence-electron chi connectivity index (χ0n) is 14.5. The molecule has 2 aromatic heterocycles. The Hall–Kier alpha value is -3.33. The van der Waals surface area contributed by atoms with Crippen molar-refractivity contribution in [1.29, 1.82) is 0 Å². The van der Waals surface area contributed by atoms with Gasteiger partial charge in [0, 0.05) is 0 Å².